The van der Waals surface area contributed by atoms with Crippen molar-refractivity contribution in [2.75, 3.05) is 40.6 Å². The van der Waals surface area contributed by atoms with Crippen molar-refractivity contribution in [2.24, 2.45) is 0 Å². The highest BCUT2D eigenvalue weighted by molar-refractivity contribution is 6.23. The smallest absolute Gasteiger partial charge is 0.227 e. The maximum absolute atomic E-state index is 12.2. The summed E-state index contributed by atoms with van der Waals surface area (Å²) in [7, 11) is 3.05. The molecular weight excluding hydrogens is 264 g/mol. The highest BCUT2D eigenvalue weighted by Gasteiger charge is 2.33. The number of ether oxygens (including phenoxy) is 4. The lowest BCUT2D eigenvalue weighted by atomic mass is 9.94. The summed E-state index contributed by atoms with van der Waals surface area (Å²) in [5, 5.41) is 0. The second kappa shape index (κ2) is 7.81. The number of Topliss-reactive ketones (excluding diaryl/α,β-unsaturated/α-hetero) is 2. The van der Waals surface area contributed by atoms with E-state index in [9.17, 15) is 9.59 Å². The Kier molecular flexibility index (Phi) is 6.41. The summed E-state index contributed by atoms with van der Waals surface area (Å²) in [6.07, 6.45) is 0. The van der Waals surface area contributed by atoms with Crippen LogP contribution in [0.2, 0.25) is 0 Å². The molecule has 0 spiro atoms. The molecule has 6 nitrogen and oxygen atoms in total. The van der Waals surface area contributed by atoms with Gasteiger partial charge >= 0.3 is 0 Å². The highest BCUT2D eigenvalue weighted by atomic mass is 16.6. The predicted molar refractivity (Wildman–Crippen MR) is 71.1 cm³/mol. The van der Waals surface area contributed by atoms with E-state index in [1.807, 2.05) is 0 Å². The summed E-state index contributed by atoms with van der Waals surface area (Å²) in [4.78, 5) is 24.3. The molecule has 0 bridgehead atoms. The van der Waals surface area contributed by atoms with Crippen LogP contribution in [-0.4, -0.2) is 52.2 Å². The van der Waals surface area contributed by atoms with Crippen LogP contribution in [0, 0.1) is 0 Å². The fourth-order valence-electron chi connectivity index (χ4n) is 1.60. The first kappa shape index (κ1) is 16.4. The maximum atomic E-state index is 12.2. The van der Waals surface area contributed by atoms with Gasteiger partial charge in [-0.25, -0.2) is 0 Å². The van der Waals surface area contributed by atoms with E-state index in [2.05, 4.69) is 0 Å². The van der Waals surface area contributed by atoms with Crippen molar-refractivity contribution in [3.63, 3.8) is 0 Å². The third-order valence-corrected chi connectivity index (χ3v) is 2.93. The Morgan fingerprint density at radius 1 is 0.700 bits per heavy atom. The number of methoxy groups -OCH3 is 2. The lowest BCUT2D eigenvalue weighted by Crippen LogP contribution is -2.26. The number of hydrogen-bond acceptors (Lipinski definition) is 6. The van der Waals surface area contributed by atoms with Crippen LogP contribution in [0.1, 0.15) is 13.8 Å². The van der Waals surface area contributed by atoms with E-state index in [1.54, 1.807) is 13.8 Å². The van der Waals surface area contributed by atoms with E-state index >= 15 is 0 Å². The van der Waals surface area contributed by atoms with E-state index in [0.29, 0.717) is 24.4 Å². The molecule has 0 radical (unpaired) electrons. The second-order valence-electron chi connectivity index (χ2n) is 4.25. The lowest BCUT2D eigenvalue weighted by molar-refractivity contribution is -0.122. The zero-order valence-corrected chi connectivity index (χ0v) is 12.3. The van der Waals surface area contributed by atoms with Gasteiger partial charge in [0.25, 0.3) is 0 Å². The van der Waals surface area contributed by atoms with Crippen LogP contribution in [0.15, 0.2) is 22.7 Å². The van der Waals surface area contributed by atoms with Gasteiger partial charge < -0.3 is 18.9 Å². The minimum absolute atomic E-state index is 0.0498. The molecule has 1 aliphatic rings. The molecular formula is C14H20O6. The molecule has 0 aromatic heterocycles. The van der Waals surface area contributed by atoms with Crippen molar-refractivity contribution in [3.8, 4) is 0 Å². The van der Waals surface area contributed by atoms with Crippen molar-refractivity contribution >= 4 is 11.6 Å². The van der Waals surface area contributed by atoms with Gasteiger partial charge in [-0.1, -0.05) is 0 Å². The van der Waals surface area contributed by atoms with Crippen molar-refractivity contribution in [1.82, 2.24) is 0 Å². The highest BCUT2D eigenvalue weighted by Crippen LogP contribution is 2.25. The first-order valence-electron chi connectivity index (χ1n) is 6.29. The van der Waals surface area contributed by atoms with Crippen LogP contribution >= 0.6 is 0 Å². The fourth-order valence-corrected chi connectivity index (χ4v) is 1.60. The van der Waals surface area contributed by atoms with Crippen LogP contribution in [0.3, 0.4) is 0 Å². The topological polar surface area (TPSA) is 71.1 Å². The van der Waals surface area contributed by atoms with Gasteiger partial charge in [-0.05, 0) is 13.8 Å². The van der Waals surface area contributed by atoms with Crippen molar-refractivity contribution < 1.29 is 28.5 Å². The Hall–Kier alpha value is -1.66. The molecule has 0 amide bonds. The maximum Gasteiger partial charge on any atom is 0.227 e. The number of rotatable bonds is 8. The van der Waals surface area contributed by atoms with Gasteiger partial charge in [0.15, 0.2) is 0 Å². The Morgan fingerprint density at radius 2 is 1.05 bits per heavy atom. The van der Waals surface area contributed by atoms with Crippen LogP contribution < -0.4 is 0 Å². The Balaban J connectivity index is 2.95. The molecule has 6 heteroatoms. The van der Waals surface area contributed by atoms with E-state index < -0.39 is 0 Å². The Bertz CT molecular complexity index is 407. The third kappa shape index (κ3) is 3.68. The largest absolute Gasteiger partial charge is 0.484 e. The molecule has 0 heterocycles. The van der Waals surface area contributed by atoms with Crippen molar-refractivity contribution in [3.05, 3.63) is 22.7 Å². The minimum Gasteiger partial charge on any atom is -0.484 e. The third-order valence-electron chi connectivity index (χ3n) is 2.93. The molecule has 112 valence electrons. The molecule has 0 aromatic carbocycles. The van der Waals surface area contributed by atoms with Crippen LogP contribution in [0.25, 0.3) is 0 Å². The van der Waals surface area contributed by atoms with Crippen molar-refractivity contribution in [1.29, 1.82) is 0 Å². The number of carbonyl (C=O) groups excluding carboxylic acids is 2. The van der Waals surface area contributed by atoms with E-state index in [0.717, 1.165) is 0 Å². The van der Waals surface area contributed by atoms with E-state index in [1.165, 1.54) is 14.2 Å². The van der Waals surface area contributed by atoms with Gasteiger partial charge in [-0.15, -0.1) is 0 Å². The number of allylic oxidation sites excluding steroid dienone is 2. The Labute approximate surface area is 118 Å². The summed E-state index contributed by atoms with van der Waals surface area (Å²) in [6.45, 7) is 4.18. The average Bonchev–Trinajstić information content (AvgIpc) is 2.45. The Morgan fingerprint density at radius 3 is 1.35 bits per heavy atom. The van der Waals surface area contributed by atoms with Gasteiger partial charge in [-0.2, -0.15) is 0 Å². The zero-order chi connectivity index (χ0) is 15.1. The molecule has 0 N–H and O–H groups in total. The normalized spacial score (nSPS) is 16.0. The van der Waals surface area contributed by atoms with E-state index in [-0.39, 0.29) is 36.3 Å². The SMILES string of the molecule is COCCOC1=C(OCCOC)C(=O)C(C)=C(C)C1=O. The molecule has 0 aromatic rings. The monoisotopic (exact) mass is 284 g/mol. The van der Waals surface area contributed by atoms with E-state index in [4.69, 9.17) is 18.9 Å². The molecule has 0 aliphatic heterocycles. The van der Waals surface area contributed by atoms with Gasteiger partial charge in [0.1, 0.15) is 13.2 Å². The first-order chi connectivity index (χ1) is 9.54. The number of carbonyl (C=O) groups is 2. The van der Waals surface area contributed by atoms with Gasteiger partial charge in [0.05, 0.1) is 13.2 Å². The fraction of sp³-hybridized carbons (Fsp3) is 0.571. The summed E-state index contributed by atoms with van der Waals surface area (Å²) in [5.74, 6) is -0.756. The molecule has 0 unspecified atom stereocenters. The summed E-state index contributed by atoms with van der Waals surface area (Å²) < 4.78 is 20.4. The first-order valence-corrected chi connectivity index (χ1v) is 6.29. The van der Waals surface area contributed by atoms with Gasteiger partial charge in [0.2, 0.25) is 23.1 Å². The number of hydrogen-bond donors (Lipinski definition) is 0. The summed E-state index contributed by atoms with van der Waals surface area (Å²) in [6, 6.07) is 0. The molecule has 0 fully saturated rings. The second-order valence-corrected chi connectivity index (χ2v) is 4.25. The standard InChI is InChI=1S/C14H20O6/c1-9-10(2)12(16)14(20-8-6-18-4)13(11(9)15)19-7-5-17-3/h5-8H2,1-4H3. The predicted octanol–water partition coefficient (Wildman–Crippen LogP) is 1.01. The summed E-state index contributed by atoms with van der Waals surface area (Å²) >= 11 is 0. The van der Waals surface area contributed by atoms with Crippen molar-refractivity contribution in [2.45, 2.75) is 13.8 Å². The van der Waals surface area contributed by atoms with Crippen LogP contribution in [-0.2, 0) is 28.5 Å². The number of ketones is 2. The summed E-state index contributed by atoms with van der Waals surface area (Å²) in [5.41, 5.74) is 0.753. The average molecular weight is 284 g/mol. The molecule has 0 saturated heterocycles. The quantitative estimate of drug-likeness (QED) is 0.489. The lowest BCUT2D eigenvalue weighted by Gasteiger charge is -2.20. The molecule has 0 saturated carbocycles. The molecule has 1 rings (SSSR count). The van der Waals surface area contributed by atoms with Gasteiger partial charge in [0, 0.05) is 25.4 Å². The van der Waals surface area contributed by atoms with Gasteiger partial charge in [-0.3, -0.25) is 9.59 Å². The molecule has 0 atom stereocenters. The van der Waals surface area contributed by atoms with Crippen LogP contribution in [0.4, 0.5) is 0 Å². The minimum atomic E-state index is -0.328. The molecule has 20 heavy (non-hydrogen) atoms. The molecule has 1 aliphatic carbocycles. The van der Waals surface area contributed by atoms with Crippen LogP contribution in [0.5, 0.6) is 0 Å². The zero-order valence-electron chi connectivity index (χ0n) is 12.3.